The number of nitriles is 1. The van der Waals surface area contributed by atoms with E-state index in [-0.39, 0.29) is 17.0 Å². The van der Waals surface area contributed by atoms with Gasteiger partial charge in [0.1, 0.15) is 22.3 Å². The minimum absolute atomic E-state index is 0.0369. The zero-order valence-electron chi connectivity index (χ0n) is 19.2. The lowest BCUT2D eigenvalue weighted by Gasteiger charge is -2.27. The molecule has 3 heterocycles. The first kappa shape index (κ1) is 22.0. The fourth-order valence-corrected chi connectivity index (χ4v) is 5.43. The van der Waals surface area contributed by atoms with E-state index in [1.807, 2.05) is 67.6 Å². The predicted octanol–water partition coefficient (Wildman–Crippen LogP) is 6.02. The monoisotopic (exact) mass is 489 g/mol. The van der Waals surface area contributed by atoms with Crippen molar-refractivity contribution in [1.82, 2.24) is 4.98 Å². The fourth-order valence-electron chi connectivity index (χ4n) is 4.50. The van der Waals surface area contributed by atoms with Crippen molar-refractivity contribution in [3.63, 3.8) is 0 Å². The molecule has 3 aromatic carbocycles. The van der Waals surface area contributed by atoms with Gasteiger partial charge in [0, 0.05) is 10.3 Å². The molecule has 0 amide bonds. The summed E-state index contributed by atoms with van der Waals surface area (Å²) in [6.45, 7) is 2.03. The van der Waals surface area contributed by atoms with Crippen LogP contribution in [0.1, 0.15) is 22.6 Å². The summed E-state index contributed by atoms with van der Waals surface area (Å²) >= 11 is 1.47. The number of benzene rings is 3. The van der Waals surface area contributed by atoms with Crippen LogP contribution >= 0.6 is 11.8 Å². The Hall–Kier alpha value is -4.54. The van der Waals surface area contributed by atoms with Gasteiger partial charge in [-0.05, 0) is 48.9 Å². The molecule has 2 N–H and O–H groups in total. The van der Waals surface area contributed by atoms with Gasteiger partial charge in [0.15, 0.2) is 5.75 Å². The predicted molar refractivity (Wildman–Crippen MR) is 139 cm³/mol. The molecule has 174 valence electrons. The summed E-state index contributed by atoms with van der Waals surface area (Å²) in [5, 5.41) is 12.3. The van der Waals surface area contributed by atoms with Crippen molar-refractivity contribution < 1.29 is 9.15 Å². The Morgan fingerprint density at radius 1 is 1.03 bits per heavy atom. The molecule has 0 saturated carbocycles. The van der Waals surface area contributed by atoms with Crippen LogP contribution in [0.4, 0.5) is 0 Å². The summed E-state index contributed by atoms with van der Waals surface area (Å²) in [6.07, 6.45) is 0. The number of fused-ring (bicyclic) bond motifs is 4. The normalized spacial score (nSPS) is 14.9. The highest BCUT2D eigenvalue weighted by Gasteiger charge is 2.37. The molecule has 6 rings (SSSR count). The van der Waals surface area contributed by atoms with Gasteiger partial charge in [-0.2, -0.15) is 5.26 Å². The van der Waals surface area contributed by atoms with Crippen LogP contribution in [-0.4, -0.2) is 4.98 Å². The Kier molecular flexibility index (Phi) is 5.24. The Morgan fingerprint density at radius 3 is 2.58 bits per heavy atom. The number of allylic oxidation sites excluding steroid dienone is 1. The van der Waals surface area contributed by atoms with Crippen molar-refractivity contribution in [2.45, 2.75) is 22.8 Å². The van der Waals surface area contributed by atoms with Crippen molar-refractivity contribution >= 4 is 33.6 Å². The number of hydrogen-bond donors (Lipinski definition) is 1. The molecule has 0 saturated heterocycles. The van der Waals surface area contributed by atoms with Crippen LogP contribution in [0.15, 0.2) is 109 Å². The average Bonchev–Trinajstić information content (AvgIpc) is 2.89. The summed E-state index contributed by atoms with van der Waals surface area (Å²) in [7, 11) is 0. The van der Waals surface area contributed by atoms with Crippen LogP contribution < -0.4 is 16.1 Å². The van der Waals surface area contributed by atoms with Crippen molar-refractivity contribution in [2.75, 3.05) is 0 Å². The van der Waals surface area contributed by atoms with E-state index in [0.717, 1.165) is 21.4 Å². The quantitative estimate of drug-likeness (QED) is 0.309. The van der Waals surface area contributed by atoms with Gasteiger partial charge in [0.25, 0.3) is 0 Å². The van der Waals surface area contributed by atoms with Crippen molar-refractivity contribution in [3.8, 4) is 11.8 Å². The maximum atomic E-state index is 13.4. The number of nitrogens with zero attached hydrogens (tertiary/aromatic N) is 2. The van der Waals surface area contributed by atoms with E-state index >= 15 is 0 Å². The van der Waals surface area contributed by atoms with Crippen LogP contribution in [-0.2, 0) is 0 Å². The van der Waals surface area contributed by atoms with E-state index in [1.165, 1.54) is 11.8 Å². The standard InChI is InChI=1S/C29H19N3O3S/c1-16-10-12-18(13-11-16)36-28-20(14-17-6-2-4-8-22(17)32-28)24-21(15-30)27(31)35-26-19-7-3-5-9-23(19)34-29(33)25(24)26/h2-14,24H,31H2,1H3. The first-order valence-electron chi connectivity index (χ1n) is 11.3. The first-order chi connectivity index (χ1) is 17.5. The molecule has 7 heteroatoms. The first-order valence-corrected chi connectivity index (χ1v) is 12.1. The van der Waals surface area contributed by atoms with Crippen LogP contribution in [0.3, 0.4) is 0 Å². The molecule has 36 heavy (non-hydrogen) atoms. The van der Waals surface area contributed by atoms with E-state index in [4.69, 9.17) is 19.9 Å². The summed E-state index contributed by atoms with van der Waals surface area (Å²) in [6, 6.07) is 27.1. The smallest absolute Gasteiger partial charge is 0.344 e. The summed E-state index contributed by atoms with van der Waals surface area (Å²) in [5.74, 6) is -0.530. The largest absolute Gasteiger partial charge is 0.439 e. The highest BCUT2D eigenvalue weighted by atomic mass is 32.2. The van der Waals surface area contributed by atoms with Crippen molar-refractivity contribution in [1.29, 1.82) is 5.26 Å². The lowest BCUT2D eigenvalue weighted by atomic mass is 9.84. The zero-order valence-corrected chi connectivity index (χ0v) is 20.0. The molecule has 1 atom stereocenters. The number of ether oxygens (including phenoxy) is 1. The highest BCUT2D eigenvalue weighted by Crippen LogP contribution is 2.46. The number of aryl methyl sites for hydroxylation is 1. The van der Waals surface area contributed by atoms with Gasteiger partial charge in [-0.15, -0.1) is 0 Å². The zero-order chi connectivity index (χ0) is 24.8. The molecule has 1 unspecified atom stereocenters. The second-order valence-corrected chi connectivity index (χ2v) is 9.61. The molecule has 1 aliphatic heterocycles. The molecular formula is C29H19N3O3S. The molecule has 0 spiro atoms. The van der Waals surface area contributed by atoms with Gasteiger partial charge >= 0.3 is 5.63 Å². The summed E-state index contributed by atoms with van der Waals surface area (Å²) < 4.78 is 11.6. The Labute approximate surface area is 210 Å². The van der Waals surface area contributed by atoms with E-state index in [0.29, 0.717) is 27.3 Å². The maximum absolute atomic E-state index is 13.4. The number of aromatic nitrogens is 1. The van der Waals surface area contributed by atoms with Gasteiger partial charge in [-0.25, -0.2) is 9.78 Å². The van der Waals surface area contributed by atoms with E-state index in [1.54, 1.807) is 18.2 Å². The lowest BCUT2D eigenvalue weighted by Crippen LogP contribution is -2.26. The Bertz CT molecular complexity index is 1800. The van der Waals surface area contributed by atoms with Gasteiger partial charge in [-0.1, -0.05) is 59.8 Å². The molecule has 0 radical (unpaired) electrons. The van der Waals surface area contributed by atoms with E-state index in [2.05, 4.69) is 6.07 Å². The maximum Gasteiger partial charge on any atom is 0.344 e. The third-order valence-corrected chi connectivity index (χ3v) is 7.27. The van der Waals surface area contributed by atoms with Crippen molar-refractivity contribution in [2.24, 2.45) is 5.73 Å². The minimum atomic E-state index is -0.801. The van der Waals surface area contributed by atoms with E-state index in [9.17, 15) is 10.1 Å². The second kappa shape index (κ2) is 8.59. The topological polar surface area (TPSA) is 102 Å². The number of nitrogens with two attached hydrogens (primary N) is 1. The van der Waals surface area contributed by atoms with Crippen molar-refractivity contribution in [3.05, 3.63) is 117 Å². The van der Waals surface area contributed by atoms with Gasteiger partial charge in [0.2, 0.25) is 5.88 Å². The Balaban J connectivity index is 1.66. The molecule has 0 aliphatic carbocycles. The van der Waals surface area contributed by atoms with E-state index < -0.39 is 11.5 Å². The van der Waals surface area contributed by atoms with Gasteiger partial charge in [0.05, 0.1) is 22.4 Å². The SMILES string of the molecule is Cc1ccc(Sc2nc3ccccc3cc2C2C(C#N)=C(N)Oc3c2c(=O)oc2ccccc32)cc1. The number of rotatable bonds is 3. The van der Waals surface area contributed by atoms with Crippen LogP contribution in [0, 0.1) is 18.3 Å². The van der Waals surface area contributed by atoms with Crippen LogP contribution in [0.25, 0.3) is 21.9 Å². The highest BCUT2D eigenvalue weighted by molar-refractivity contribution is 7.99. The number of pyridine rings is 1. The fraction of sp³-hybridized carbons (Fsp3) is 0.0690. The third kappa shape index (κ3) is 3.60. The van der Waals surface area contributed by atoms with Crippen LogP contribution in [0.5, 0.6) is 5.75 Å². The van der Waals surface area contributed by atoms with Gasteiger partial charge < -0.3 is 14.9 Å². The summed E-state index contributed by atoms with van der Waals surface area (Å²) in [5.41, 5.74) is 9.12. The number of para-hydroxylation sites is 2. The van der Waals surface area contributed by atoms with Crippen LogP contribution in [0.2, 0.25) is 0 Å². The molecule has 1 aliphatic rings. The number of hydrogen-bond acceptors (Lipinski definition) is 7. The third-order valence-electron chi connectivity index (χ3n) is 6.24. The minimum Gasteiger partial charge on any atom is -0.439 e. The second-order valence-electron chi connectivity index (χ2n) is 8.54. The molecule has 2 aromatic heterocycles. The molecule has 0 bridgehead atoms. The molecule has 0 fully saturated rings. The molecular weight excluding hydrogens is 470 g/mol. The Morgan fingerprint density at radius 2 is 1.78 bits per heavy atom. The lowest BCUT2D eigenvalue weighted by molar-refractivity contribution is 0.387. The molecule has 5 aromatic rings. The summed E-state index contributed by atoms with van der Waals surface area (Å²) in [4.78, 5) is 19.3. The van der Waals surface area contributed by atoms with Gasteiger partial charge in [-0.3, -0.25) is 0 Å². The molecule has 6 nitrogen and oxygen atoms in total. The average molecular weight is 490 g/mol.